The standard InChI is InChI=1S/C13H21N3O2/c1-6-7-8-16(11(4)17)10(3)12-9(2)14-15(5)13(12)18/h6-7,9,14H,8H2,1-5H3. The van der Waals surface area contributed by atoms with Gasteiger partial charge in [-0.05, 0) is 20.8 Å². The van der Waals surface area contributed by atoms with Crippen LogP contribution in [0.1, 0.15) is 27.7 Å². The zero-order chi connectivity index (χ0) is 13.9. The van der Waals surface area contributed by atoms with Gasteiger partial charge in [0.05, 0.1) is 11.6 Å². The monoisotopic (exact) mass is 251 g/mol. The Hall–Kier alpha value is -1.62. The lowest BCUT2D eigenvalue weighted by atomic mass is 10.1. The van der Waals surface area contributed by atoms with Gasteiger partial charge in [0.1, 0.15) is 0 Å². The van der Waals surface area contributed by atoms with Crippen LogP contribution in [0.25, 0.3) is 0 Å². The van der Waals surface area contributed by atoms with Crippen LogP contribution in [-0.4, -0.2) is 41.4 Å². The summed E-state index contributed by atoms with van der Waals surface area (Å²) in [5, 5.41) is 1.46. The summed E-state index contributed by atoms with van der Waals surface area (Å²) in [6.07, 6.45) is 3.78. The van der Waals surface area contributed by atoms with E-state index in [1.54, 1.807) is 11.9 Å². The highest BCUT2D eigenvalue weighted by molar-refractivity contribution is 5.97. The third kappa shape index (κ3) is 2.79. The van der Waals surface area contributed by atoms with Crippen LogP contribution in [0.2, 0.25) is 0 Å². The second-order valence-electron chi connectivity index (χ2n) is 4.41. The van der Waals surface area contributed by atoms with E-state index in [2.05, 4.69) is 5.43 Å². The van der Waals surface area contributed by atoms with Crippen molar-refractivity contribution in [2.75, 3.05) is 13.6 Å². The molecule has 1 atom stereocenters. The van der Waals surface area contributed by atoms with Crippen LogP contribution in [0, 0.1) is 0 Å². The van der Waals surface area contributed by atoms with Gasteiger partial charge in [0, 0.05) is 26.2 Å². The van der Waals surface area contributed by atoms with Crippen molar-refractivity contribution in [3.05, 3.63) is 23.4 Å². The number of likely N-dealkylation sites (N-methyl/N-ethyl adjacent to an activating group) is 1. The number of amides is 2. The van der Waals surface area contributed by atoms with Gasteiger partial charge < -0.3 is 4.90 Å². The van der Waals surface area contributed by atoms with Gasteiger partial charge >= 0.3 is 0 Å². The van der Waals surface area contributed by atoms with Crippen molar-refractivity contribution in [1.82, 2.24) is 15.3 Å². The van der Waals surface area contributed by atoms with Gasteiger partial charge in [-0.25, -0.2) is 5.43 Å². The second-order valence-corrected chi connectivity index (χ2v) is 4.41. The van der Waals surface area contributed by atoms with Gasteiger partial charge in [0.15, 0.2) is 0 Å². The number of hydrogen-bond acceptors (Lipinski definition) is 3. The zero-order valence-corrected chi connectivity index (χ0v) is 11.7. The van der Waals surface area contributed by atoms with E-state index in [9.17, 15) is 9.59 Å². The molecule has 1 heterocycles. The molecule has 0 spiro atoms. The molecule has 5 nitrogen and oxygen atoms in total. The van der Waals surface area contributed by atoms with E-state index in [1.807, 2.05) is 32.9 Å². The quantitative estimate of drug-likeness (QED) is 0.602. The summed E-state index contributed by atoms with van der Waals surface area (Å²) < 4.78 is 0. The van der Waals surface area contributed by atoms with Crippen molar-refractivity contribution in [1.29, 1.82) is 0 Å². The Bertz CT molecular complexity index is 412. The maximum atomic E-state index is 12.0. The Labute approximate surface area is 108 Å². The zero-order valence-electron chi connectivity index (χ0n) is 11.7. The Balaban J connectivity index is 3.10. The molecule has 0 saturated carbocycles. The molecule has 5 heteroatoms. The molecule has 0 radical (unpaired) electrons. The average Bonchev–Trinajstić information content (AvgIpc) is 2.53. The Morgan fingerprint density at radius 3 is 2.50 bits per heavy atom. The molecule has 1 unspecified atom stereocenters. The fourth-order valence-corrected chi connectivity index (χ4v) is 2.11. The molecular weight excluding hydrogens is 230 g/mol. The minimum Gasteiger partial charge on any atom is -0.312 e. The highest BCUT2D eigenvalue weighted by Crippen LogP contribution is 2.20. The van der Waals surface area contributed by atoms with Crippen LogP contribution in [0.5, 0.6) is 0 Å². The number of rotatable bonds is 3. The van der Waals surface area contributed by atoms with E-state index in [1.165, 1.54) is 11.9 Å². The van der Waals surface area contributed by atoms with Gasteiger partial charge in [-0.15, -0.1) is 0 Å². The largest absolute Gasteiger partial charge is 0.312 e. The van der Waals surface area contributed by atoms with E-state index in [0.29, 0.717) is 12.1 Å². The molecule has 0 aliphatic carbocycles. The van der Waals surface area contributed by atoms with Crippen molar-refractivity contribution in [2.45, 2.75) is 33.7 Å². The first-order valence-corrected chi connectivity index (χ1v) is 6.04. The predicted molar refractivity (Wildman–Crippen MR) is 70.3 cm³/mol. The van der Waals surface area contributed by atoms with Crippen molar-refractivity contribution in [2.24, 2.45) is 0 Å². The van der Waals surface area contributed by atoms with Crippen molar-refractivity contribution in [3.8, 4) is 0 Å². The molecule has 0 aromatic carbocycles. The Morgan fingerprint density at radius 2 is 2.11 bits per heavy atom. The summed E-state index contributed by atoms with van der Waals surface area (Å²) in [5.74, 6) is -0.139. The van der Waals surface area contributed by atoms with Gasteiger partial charge in [-0.2, -0.15) is 0 Å². The molecule has 1 fully saturated rings. The van der Waals surface area contributed by atoms with Crippen LogP contribution in [-0.2, 0) is 9.59 Å². The SMILES string of the molecule is CC=CCN(C(C)=O)C(C)=C1C(=O)N(C)NC1C. The minimum absolute atomic E-state index is 0.0624. The number of carbonyl (C=O) groups excluding carboxylic acids is 2. The molecule has 100 valence electrons. The molecule has 18 heavy (non-hydrogen) atoms. The smallest absolute Gasteiger partial charge is 0.267 e. The third-order valence-corrected chi connectivity index (χ3v) is 3.05. The number of allylic oxidation sites excluding steroid dienone is 2. The molecular formula is C13H21N3O2. The van der Waals surface area contributed by atoms with Crippen LogP contribution < -0.4 is 5.43 Å². The van der Waals surface area contributed by atoms with E-state index < -0.39 is 0 Å². The van der Waals surface area contributed by atoms with Gasteiger partial charge in [0.25, 0.3) is 5.91 Å². The van der Waals surface area contributed by atoms with Crippen LogP contribution in [0.3, 0.4) is 0 Å². The lowest BCUT2D eigenvalue weighted by Crippen LogP contribution is -2.32. The predicted octanol–water partition coefficient (Wildman–Crippen LogP) is 1.05. The number of hydrazine groups is 1. The minimum atomic E-state index is -0.0771. The highest BCUT2D eigenvalue weighted by atomic mass is 16.2. The van der Waals surface area contributed by atoms with Crippen molar-refractivity contribution < 1.29 is 9.59 Å². The fraction of sp³-hybridized carbons (Fsp3) is 0.538. The fourth-order valence-electron chi connectivity index (χ4n) is 2.11. The number of nitrogens with one attached hydrogen (secondary N) is 1. The molecule has 0 aromatic rings. The molecule has 1 rings (SSSR count). The first-order valence-electron chi connectivity index (χ1n) is 6.04. The molecule has 1 saturated heterocycles. The normalized spacial score (nSPS) is 22.8. The van der Waals surface area contributed by atoms with Crippen molar-refractivity contribution >= 4 is 11.8 Å². The van der Waals surface area contributed by atoms with Crippen LogP contribution in [0.15, 0.2) is 23.4 Å². The summed E-state index contributed by atoms with van der Waals surface area (Å²) in [7, 11) is 1.68. The maximum absolute atomic E-state index is 12.0. The van der Waals surface area contributed by atoms with E-state index in [4.69, 9.17) is 0 Å². The van der Waals surface area contributed by atoms with Crippen LogP contribution >= 0.6 is 0 Å². The van der Waals surface area contributed by atoms with Gasteiger partial charge in [-0.1, -0.05) is 12.2 Å². The summed E-state index contributed by atoms with van der Waals surface area (Å²) >= 11 is 0. The molecule has 1 N–H and O–H groups in total. The lowest BCUT2D eigenvalue weighted by Gasteiger charge is -2.22. The number of carbonyl (C=O) groups is 2. The van der Waals surface area contributed by atoms with Crippen molar-refractivity contribution in [3.63, 3.8) is 0 Å². The number of nitrogens with zero attached hydrogens (tertiary/aromatic N) is 2. The Morgan fingerprint density at radius 1 is 1.50 bits per heavy atom. The van der Waals surface area contributed by atoms with Crippen LogP contribution in [0.4, 0.5) is 0 Å². The summed E-state index contributed by atoms with van der Waals surface area (Å²) in [6.45, 7) is 7.63. The first-order chi connectivity index (χ1) is 8.40. The molecule has 0 aromatic heterocycles. The van der Waals surface area contributed by atoms with E-state index >= 15 is 0 Å². The molecule has 0 bridgehead atoms. The third-order valence-electron chi connectivity index (χ3n) is 3.05. The molecule has 1 aliphatic rings. The van der Waals surface area contributed by atoms with E-state index in [-0.39, 0.29) is 17.9 Å². The molecule has 2 amide bonds. The Kier molecular flexibility index (Phi) is 4.67. The first kappa shape index (κ1) is 14.4. The molecule has 1 aliphatic heterocycles. The summed E-state index contributed by atoms with van der Waals surface area (Å²) in [6, 6.07) is -0.0741. The summed E-state index contributed by atoms with van der Waals surface area (Å²) in [4.78, 5) is 25.3. The number of hydrogen-bond donors (Lipinski definition) is 1. The average molecular weight is 251 g/mol. The highest BCUT2D eigenvalue weighted by Gasteiger charge is 2.32. The van der Waals surface area contributed by atoms with E-state index in [0.717, 1.165) is 5.70 Å². The topological polar surface area (TPSA) is 52.7 Å². The maximum Gasteiger partial charge on any atom is 0.267 e. The lowest BCUT2D eigenvalue weighted by molar-refractivity contribution is -0.126. The summed E-state index contributed by atoms with van der Waals surface area (Å²) in [5.41, 5.74) is 4.39. The van der Waals surface area contributed by atoms with Gasteiger partial charge in [-0.3, -0.25) is 14.6 Å². The second kappa shape index (κ2) is 5.82. The van der Waals surface area contributed by atoms with Gasteiger partial charge in [0.2, 0.25) is 5.91 Å².